The van der Waals surface area contributed by atoms with Crippen LogP contribution in [0.4, 0.5) is 0 Å². The van der Waals surface area contributed by atoms with E-state index in [-0.39, 0.29) is 5.91 Å². The van der Waals surface area contributed by atoms with Crippen molar-refractivity contribution in [2.24, 2.45) is 4.99 Å². The van der Waals surface area contributed by atoms with Gasteiger partial charge in [0.1, 0.15) is 0 Å². The molecule has 2 fully saturated rings. The molecule has 2 rings (SSSR count). The standard InChI is InChI=1S/C19H38N6O2/c1-4-24-9-6-5-7-17(24)15-22-19(20-2)25-12-10-23(11-13-25)16-18(26)21-8-14-27-3/h17H,4-16H2,1-3H3,(H,20,22)(H,21,26). The van der Waals surface area contributed by atoms with E-state index in [1.807, 2.05) is 7.05 Å². The number of aliphatic imine (C=N–C) groups is 1. The summed E-state index contributed by atoms with van der Waals surface area (Å²) < 4.78 is 4.96. The van der Waals surface area contributed by atoms with Crippen molar-refractivity contribution in [3.8, 4) is 0 Å². The summed E-state index contributed by atoms with van der Waals surface area (Å²) in [6.07, 6.45) is 3.91. The Bertz CT molecular complexity index is 465. The molecule has 27 heavy (non-hydrogen) atoms. The molecule has 0 aromatic carbocycles. The molecule has 8 nitrogen and oxygen atoms in total. The van der Waals surface area contributed by atoms with Crippen LogP contribution in [-0.4, -0.2) is 112 Å². The van der Waals surface area contributed by atoms with E-state index in [1.165, 1.54) is 25.8 Å². The Kier molecular flexibility index (Phi) is 9.86. The van der Waals surface area contributed by atoms with Gasteiger partial charge in [0.2, 0.25) is 5.91 Å². The zero-order valence-corrected chi connectivity index (χ0v) is 17.4. The summed E-state index contributed by atoms with van der Waals surface area (Å²) in [5.41, 5.74) is 0. The van der Waals surface area contributed by atoms with Gasteiger partial charge in [-0.1, -0.05) is 13.3 Å². The molecule has 0 bridgehead atoms. The van der Waals surface area contributed by atoms with Crippen molar-refractivity contribution in [3.05, 3.63) is 0 Å². The maximum absolute atomic E-state index is 11.9. The number of likely N-dealkylation sites (N-methyl/N-ethyl adjacent to an activating group) is 1. The Morgan fingerprint density at radius 1 is 1.15 bits per heavy atom. The molecular formula is C19H38N6O2. The van der Waals surface area contributed by atoms with Crippen LogP contribution in [0.1, 0.15) is 26.2 Å². The summed E-state index contributed by atoms with van der Waals surface area (Å²) in [6, 6.07) is 0.609. The van der Waals surface area contributed by atoms with E-state index in [9.17, 15) is 4.79 Å². The van der Waals surface area contributed by atoms with Crippen molar-refractivity contribution in [3.63, 3.8) is 0 Å². The van der Waals surface area contributed by atoms with Crippen LogP contribution in [0, 0.1) is 0 Å². The number of ether oxygens (including phenoxy) is 1. The van der Waals surface area contributed by atoms with Gasteiger partial charge in [-0.05, 0) is 25.9 Å². The third-order valence-electron chi connectivity index (χ3n) is 5.53. The molecule has 0 radical (unpaired) electrons. The van der Waals surface area contributed by atoms with Crippen LogP contribution >= 0.6 is 0 Å². The summed E-state index contributed by atoms with van der Waals surface area (Å²) in [4.78, 5) is 23.5. The average Bonchev–Trinajstić information content (AvgIpc) is 2.70. The van der Waals surface area contributed by atoms with Crippen LogP contribution in [0.5, 0.6) is 0 Å². The van der Waals surface area contributed by atoms with Gasteiger partial charge in [-0.2, -0.15) is 0 Å². The van der Waals surface area contributed by atoms with Crippen LogP contribution in [0.15, 0.2) is 4.99 Å². The summed E-state index contributed by atoms with van der Waals surface area (Å²) in [6.45, 7) is 10.7. The highest BCUT2D eigenvalue weighted by atomic mass is 16.5. The highest BCUT2D eigenvalue weighted by molar-refractivity contribution is 5.80. The number of guanidine groups is 1. The zero-order valence-electron chi connectivity index (χ0n) is 17.4. The molecule has 2 N–H and O–H groups in total. The first-order valence-corrected chi connectivity index (χ1v) is 10.4. The normalized spacial score (nSPS) is 22.7. The van der Waals surface area contributed by atoms with Crippen LogP contribution in [0.3, 0.4) is 0 Å². The minimum absolute atomic E-state index is 0.0694. The average molecular weight is 383 g/mol. The second-order valence-corrected chi connectivity index (χ2v) is 7.31. The molecule has 2 aliphatic heterocycles. The number of piperazine rings is 1. The van der Waals surface area contributed by atoms with Gasteiger partial charge in [0.15, 0.2) is 5.96 Å². The molecule has 156 valence electrons. The van der Waals surface area contributed by atoms with Crippen LogP contribution in [0.25, 0.3) is 0 Å². The molecule has 8 heteroatoms. The van der Waals surface area contributed by atoms with Crippen LogP contribution in [0.2, 0.25) is 0 Å². The van der Waals surface area contributed by atoms with Crippen LogP contribution in [-0.2, 0) is 9.53 Å². The first-order valence-electron chi connectivity index (χ1n) is 10.4. The predicted octanol–water partition coefficient (Wildman–Crippen LogP) is -0.184. The van der Waals surface area contributed by atoms with Gasteiger partial charge in [0.05, 0.1) is 13.2 Å². The monoisotopic (exact) mass is 382 g/mol. The molecule has 0 aromatic rings. The van der Waals surface area contributed by atoms with Crippen molar-refractivity contribution >= 4 is 11.9 Å². The number of amides is 1. The molecule has 0 aliphatic carbocycles. The first kappa shape index (κ1) is 21.9. The lowest BCUT2D eigenvalue weighted by molar-refractivity contribution is -0.122. The Morgan fingerprint density at radius 3 is 2.59 bits per heavy atom. The van der Waals surface area contributed by atoms with E-state index in [2.05, 4.69) is 37.2 Å². The SMILES string of the molecule is CCN1CCCCC1CNC(=NC)N1CCN(CC(=O)NCCOC)CC1. The lowest BCUT2D eigenvalue weighted by atomic mass is 10.0. The molecule has 0 saturated carbocycles. The van der Waals surface area contributed by atoms with Gasteiger partial charge in [-0.3, -0.25) is 19.6 Å². The van der Waals surface area contributed by atoms with Crippen molar-refractivity contribution < 1.29 is 9.53 Å². The highest BCUT2D eigenvalue weighted by Gasteiger charge is 2.24. The number of likely N-dealkylation sites (tertiary alicyclic amines) is 1. The Hall–Kier alpha value is -1.38. The molecule has 1 atom stereocenters. The molecule has 1 unspecified atom stereocenters. The fraction of sp³-hybridized carbons (Fsp3) is 0.895. The van der Waals surface area contributed by atoms with Gasteiger partial charge in [-0.15, -0.1) is 0 Å². The number of carbonyl (C=O) groups excluding carboxylic acids is 1. The van der Waals surface area contributed by atoms with Gasteiger partial charge in [-0.25, -0.2) is 0 Å². The summed E-state index contributed by atoms with van der Waals surface area (Å²) >= 11 is 0. The maximum Gasteiger partial charge on any atom is 0.234 e. The molecular weight excluding hydrogens is 344 g/mol. The van der Waals surface area contributed by atoms with E-state index in [4.69, 9.17) is 4.74 Å². The van der Waals surface area contributed by atoms with E-state index >= 15 is 0 Å². The number of rotatable bonds is 8. The number of nitrogens with zero attached hydrogens (tertiary/aromatic N) is 4. The molecule has 0 aromatic heterocycles. The minimum Gasteiger partial charge on any atom is -0.383 e. The van der Waals surface area contributed by atoms with Gasteiger partial charge >= 0.3 is 0 Å². The Labute approximate surface area is 164 Å². The summed E-state index contributed by atoms with van der Waals surface area (Å²) in [7, 11) is 3.50. The van der Waals surface area contributed by atoms with Crippen molar-refractivity contribution in [1.82, 2.24) is 25.3 Å². The number of methoxy groups -OCH3 is 1. The van der Waals surface area contributed by atoms with Gasteiger partial charge in [0, 0.05) is 59.5 Å². The van der Waals surface area contributed by atoms with Crippen LogP contribution < -0.4 is 10.6 Å². The first-order chi connectivity index (χ1) is 13.2. The minimum atomic E-state index is 0.0694. The molecule has 2 aliphatic rings. The molecule has 2 saturated heterocycles. The number of nitrogens with one attached hydrogen (secondary N) is 2. The molecule has 0 spiro atoms. The number of carbonyl (C=O) groups is 1. The summed E-state index contributed by atoms with van der Waals surface area (Å²) in [5, 5.41) is 6.47. The number of piperidine rings is 1. The maximum atomic E-state index is 11.9. The highest BCUT2D eigenvalue weighted by Crippen LogP contribution is 2.15. The number of hydrogen-bond acceptors (Lipinski definition) is 5. The number of hydrogen-bond donors (Lipinski definition) is 2. The van der Waals surface area contributed by atoms with Crippen molar-refractivity contribution in [1.29, 1.82) is 0 Å². The third kappa shape index (κ3) is 7.27. The van der Waals surface area contributed by atoms with E-state index < -0.39 is 0 Å². The smallest absolute Gasteiger partial charge is 0.234 e. The van der Waals surface area contributed by atoms with E-state index in [0.29, 0.717) is 25.7 Å². The second kappa shape index (κ2) is 12.2. The van der Waals surface area contributed by atoms with Crippen molar-refractivity contribution in [2.45, 2.75) is 32.2 Å². The third-order valence-corrected chi connectivity index (χ3v) is 5.53. The largest absolute Gasteiger partial charge is 0.383 e. The predicted molar refractivity (Wildman–Crippen MR) is 109 cm³/mol. The van der Waals surface area contributed by atoms with Gasteiger partial charge in [0.25, 0.3) is 0 Å². The lowest BCUT2D eigenvalue weighted by Gasteiger charge is -2.38. The van der Waals surface area contributed by atoms with Crippen molar-refractivity contribution in [2.75, 3.05) is 79.7 Å². The van der Waals surface area contributed by atoms with E-state index in [1.54, 1.807) is 7.11 Å². The lowest BCUT2D eigenvalue weighted by Crippen LogP contribution is -2.55. The quantitative estimate of drug-likeness (QED) is 0.345. The summed E-state index contributed by atoms with van der Waals surface area (Å²) in [5.74, 6) is 1.06. The molecule has 2 heterocycles. The van der Waals surface area contributed by atoms with E-state index in [0.717, 1.165) is 45.2 Å². The Balaban J connectivity index is 1.70. The molecule has 1 amide bonds. The fourth-order valence-corrected chi connectivity index (χ4v) is 3.92. The Morgan fingerprint density at radius 2 is 1.93 bits per heavy atom. The second-order valence-electron chi connectivity index (χ2n) is 7.31. The topological polar surface area (TPSA) is 72.4 Å². The van der Waals surface area contributed by atoms with Gasteiger partial charge < -0.3 is 20.3 Å². The zero-order chi connectivity index (χ0) is 19.5. The fourth-order valence-electron chi connectivity index (χ4n) is 3.92.